The van der Waals surface area contributed by atoms with Crippen molar-refractivity contribution >= 4 is 26.4 Å². The highest BCUT2D eigenvalue weighted by molar-refractivity contribution is 8.32. The average Bonchev–Trinajstić information content (AvgIpc) is 2.91. The Bertz CT molecular complexity index is 1470. The second-order valence-corrected chi connectivity index (χ2v) is 14.3. The van der Waals surface area contributed by atoms with Gasteiger partial charge in [0.15, 0.2) is 6.61 Å². The van der Waals surface area contributed by atoms with Gasteiger partial charge >= 0.3 is 16.1 Å². The van der Waals surface area contributed by atoms with Crippen molar-refractivity contribution in [3.05, 3.63) is 103 Å². The molecule has 0 aliphatic rings. The SMILES string of the molecule is Cc1ccc(S(=O)(=O)[OH+]S(c2ccc(OCC(=O)OC(C)(C)C)cc2)(c2cccnc2)c2cccnc2)cc1. The summed E-state index contributed by atoms with van der Waals surface area (Å²) in [6.45, 7) is 6.99. The first-order valence-corrected chi connectivity index (χ1v) is 15.2. The molecule has 4 aromatic rings. The fraction of sp³-hybridized carbons (Fsp3) is 0.207. The van der Waals surface area contributed by atoms with Gasteiger partial charge in [0.05, 0.1) is 25.0 Å². The molecule has 0 saturated carbocycles. The Morgan fingerprint density at radius 3 is 1.82 bits per heavy atom. The van der Waals surface area contributed by atoms with Gasteiger partial charge in [0.25, 0.3) is 0 Å². The highest BCUT2D eigenvalue weighted by Gasteiger charge is 2.44. The van der Waals surface area contributed by atoms with Crippen LogP contribution in [-0.4, -0.2) is 40.2 Å². The molecule has 0 spiro atoms. The van der Waals surface area contributed by atoms with Crippen molar-refractivity contribution in [1.29, 1.82) is 0 Å². The lowest BCUT2D eigenvalue weighted by Crippen LogP contribution is -2.27. The monoisotopic (exact) mass is 567 g/mol. The third kappa shape index (κ3) is 6.83. The van der Waals surface area contributed by atoms with Gasteiger partial charge < -0.3 is 9.47 Å². The molecule has 10 heteroatoms. The van der Waals surface area contributed by atoms with Gasteiger partial charge in [0, 0.05) is 24.8 Å². The number of aromatic nitrogens is 2. The molecule has 0 unspecified atom stereocenters. The fourth-order valence-corrected chi connectivity index (χ4v) is 9.09. The number of carbonyl (C=O) groups excluding carboxylic acids is 1. The zero-order valence-electron chi connectivity index (χ0n) is 22.1. The second-order valence-electron chi connectivity index (χ2n) is 9.67. The molecule has 0 fully saturated rings. The Morgan fingerprint density at radius 1 is 0.795 bits per heavy atom. The third-order valence-corrected chi connectivity index (χ3v) is 10.8. The van der Waals surface area contributed by atoms with E-state index >= 15 is 0 Å². The predicted molar refractivity (Wildman–Crippen MR) is 150 cm³/mol. The lowest BCUT2D eigenvalue weighted by atomic mass is 10.2. The Labute approximate surface area is 230 Å². The number of ether oxygens (including phenoxy) is 2. The van der Waals surface area contributed by atoms with Gasteiger partial charge in [-0.15, -0.1) is 8.42 Å². The fourth-order valence-electron chi connectivity index (χ4n) is 3.73. The van der Waals surface area contributed by atoms with Crippen molar-refractivity contribution in [2.75, 3.05) is 6.61 Å². The number of carbonyl (C=O) groups is 1. The molecule has 0 aliphatic heterocycles. The largest absolute Gasteiger partial charge is 0.482 e. The number of aryl methyl sites for hydroxylation is 1. The lowest BCUT2D eigenvalue weighted by molar-refractivity contribution is -0.157. The molecular formula is C29H31N2O6S2+. The van der Waals surface area contributed by atoms with Gasteiger partial charge in [-0.1, -0.05) is 17.7 Å². The molecule has 4 rings (SSSR count). The van der Waals surface area contributed by atoms with Gasteiger partial charge in [-0.3, -0.25) is 13.6 Å². The van der Waals surface area contributed by atoms with Crippen LogP contribution in [0.5, 0.6) is 5.75 Å². The minimum atomic E-state index is -4.11. The number of pyridine rings is 2. The van der Waals surface area contributed by atoms with Crippen LogP contribution in [-0.2, 0) is 19.6 Å². The summed E-state index contributed by atoms with van der Waals surface area (Å²) >= 11 is 0. The number of hydrogen-bond acceptors (Lipinski definition) is 7. The number of hydrogen-bond donors (Lipinski definition) is 0. The molecule has 39 heavy (non-hydrogen) atoms. The van der Waals surface area contributed by atoms with E-state index in [9.17, 15) is 13.2 Å². The average molecular weight is 568 g/mol. The van der Waals surface area contributed by atoms with Gasteiger partial charge in [0.2, 0.25) is 0 Å². The molecule has 0 amide bonds. The summed E-state index contributed by atoms with van der Waals surface area (Å²) < 4.78 is 43.1. The molecule has 0 radical (unpaired) electrons. The molecule has 1 N–H and O–H groups in total. The maximum absolute atomic E-state index is 13.8. The van der Waals surface area contributed by atoms with Crippen molar-refractivity contribution in [3.8, 4) is 5.75 Å². The van der Waals surface area contributed by atoms with Crippen LogP contribution in [0.4, 0.5) is 0 Å². The van der Waals surface area contributed by atoms with E-state index in [1.807, 2.05) is 19.1 Å². The topological polar surface area (TPSA) is 108 Å². The maximum Gasteiger partial charge on any atom is 0.422 e. The zero-order chi connectivity index (χ0) is 28.1. The van der Waals surface area contributed by atoms with E-state index in [1.54, 1.807) is 106 Å². The molecule has 8 nitrogen and oxygen atoms in total. The van der Waals surface area contributed by atoms with Crippen LogP contribution in [0.3, 0.4) is 0 Å². The molecule has 2 heterocycles. The minimum absolute atomic E-state index is 0.0927. The molecule has 204 valence electrons. The van der Waals surface area contributed by atoms with E-state index in [4.69, 9.17) is 9.47 Å². The standard InChI is InChI=1S/C29H30N2O6S2/c1-22-9-13-25(14-10-22)39(33,34)37-38(26-7-5-17-30-19-26,27-8-6-18-31-20-27)24-15-11-23(12-16-24)35-21-28(32)36-29(2,3)4/h5-20H,21H2,1-4H3/p+1. The highest BCUT2D eigenvalue weighted by atomic mass is 32.3. The van der Waals surface area contributed by atoms with Crippen LogP contribution in [0, 0.1) is 6.92 Å². The molecular weight excluding hydrogens is 536 g/mol. The van der Waals surface area contributed by atoms with Crippen LogP contribution in [0.15, 0.2) is 117 Å². The molecule has 0 saturated heterocycles. The summed E-state index contributed by atoms with van der Waals surface area (Å²) in [6.07, 6.45) is 6.50. The molecule has 0 aliphatic carbocycles. The quantitative estimate of drug-likeness (QED) is 0.135. The van der Waals surface area contributed by atoms with Crippen molar-refractivity contribution < 1.29 is 26.3 Å². The van der Waals surface area contributed by atoms with E-state index in [2.05, 4.69) is 13.6 Å². The Morgan fingerprint density at radius 2 is 1.33 bits per heavy atom. The zero-order valence-corrected chi connectivity index (χ0v) is 23.8. The van der Waals surface area contributed by atoms with E-state index < -0.39 is 32.0 Å². The van der Waals surface area contributed by atoms with Crippen LogP contribution in [0.1, 0.15) is 26.3 Å². The smallest absolute Gasteiger partial charge is 0.422 e. The minimum Gasteiger partial charge on any atom is -0.482 e. The first-order chi connectivity index (χ1) is 18.5. The molecule has 0 atom stereocenters. The first-order valence-electron chi connectivity index (χ1n) is 12.1. The lowest BCUT2D eigenvalue weighted by Gasteiger charge is -2.34. The van der Waals surface area contributed by atoms with Crippen molar-refractivity contribution in [1.82, 2.24) is 9.97 Å². The summed E-state index contributed by atoms with van der Waals surface area (Å²) in [4.78, 5) is 22.6. The van der Waals surface area contributed by atoms with Crippen molar-refractivity contribution in [2.45, 2.75) is 52.9 Å². The van der Waals surface area contributed by atoms with Gasteiger partial charge in [-0.05, 0) is 88.4 Å². The van der Waals surface area contributed by atoms with Gasteiger partial charge in [-0.25, -0.2) is 4.79 Å². The van der Waals surface area contributed by atoms with Gasteiger partial charge in [-0.2, -0.15) is 0 Å². The molecule has 2 aromatic carbocycles. The number of benzene rings is 2. The van der Waals surface area contributed by atoms with E-state index in [0.29, 0.717) is 20.4 Å². The number of nitrogens with zero attached hydrogens (tertiary/aromatic N) is 2. The summed E-state index contributed by atoms with van der Waals surface area (Å²) in [5, 5.41) is 0. The van der Waals surface area contributed by atoms with Crippen molar-refractivity contribution in [2.24, 2.45) is 0 Å². The van der Waals surface area contributed by atoms with Crippen LogP contribution < -0.4 is 4.74 Å². The summed E-state index contributed by atoms with van der Waals surface area (Å²) in [5.41, 5.74) is 0.319. The Kier molecular flexibility index (Phi) is 8.39. The second kappa shape index (κ2) is 11.6. The Balaban J connectivity index is 1.79. The maximum atomic E-state index is 13.8. The first kappa shape index (κ1) is 28.3. The van der Waals surface area contributed by atoms with Gasteiger partial charge in [0.1, 0.15) is 16.2 Å². The highest BCUT2D eigenvalue weighted by Crippen LogP contribution is 2.68. The van der Waals surface area contributed by atoms with Crippen molar-refractivity contribution in [3.63, 3.8) is 0 Å². The third-order valence-electron chi connectivity index (χ3n) is 5.42. The van der Waals surface area contributed by atoms with E-state index in [1.165, 1.54) is 0 Å². The summed E-state index contributed by atoms with van der Waals surface area (Å²) in [7, 11) is -6.87. The van der Waals surface area contributed by atoms with Crippen LogP contribution in [0.25, 0.3) is 0 Å². The number of esters is 1. The van der Waals surface area contributed by atoms with Crippen LogP contribution in [0.2, 0.25) is 0 Å². The van der Waals surface area contributed by atoms with Crippen LogP contribution >= 0.6 is 10.3 Å². The Hall–Kier alpha value is -3.73. The van der Waals surface area contributed by atoms with E-state index in [-0.39, 0.29) is 11.5 Å². The number of rotatable bonds is 9. The molecule has 0 bridgehead atoms. The van der Waals surface area contributed by atoms with E-state index in [0.717, 1.165) is 5.56 Å². The normalized spacial score (nSPS) is 12.5. The predicted octanol–water partition coefficient (Wildman–Crippen LogP) is 6.18. The summed E-state index contributed by atoms with van der Waals surface area (Å²) in [5.74, 6) is -0.0619. The summed E-state index contributed by atoms with van der Waals surface area (Å²) in [6, 6.07) is 20.6. The molecule has 2 aromatic heterocycles.